The summed E-state index contributed by atoms with van der Waals surface area (Å²) in [6, 6.07) is 11.6. The van der Waals surface area contributed by atoms with Gasteiger partial charge in [0.25, 0.3) is 0 Å². The Hall–Kier alpha value is -1.23. The fraction of sp³-hybridized carbons (Fsp3) is 0.250. The van der Waals surface area contributed by atoms with Crippen LogP contribution in [0.25, 0.3) is 0 Å². The lowest BCUT2D eigenvalue weighted by Crippen LogP contribution is -2.08. The molecule has 112 valence electrons. The first-order valence-electron chi connectivity index (χ1n) is 6.53. The van der Waals surface area contributed by atoms with Gasteiger partial charge in [-0.2, -0.15) is 0 Å². The van der Waals surface area contributed by atoms with Gasteiger partial charge < -0.3 is 14.8 Å². The van der Waals surface area contributed by atoms with E-state index in [0.717, 1.165) is 21.3 Å². The SMILES string of the molecule is CNCc1cccc(Cl)c1OCc1cc(Br)ccc1OC. The van der Waals surface area contributed by atoms with E-state index < -0.39 is 0 Å². The van der Waals surface area contributed by atoms with Crippen molar-refractivity contribution in [3.8, 4) is 11.5 Å². The number of hydrogen-bond donors (Lipinski definition) is 1. The molecule has 0 bridgehead atoms. The van der Waals surface area contributed by atoms with Gasteiger partial charge in [-0.05, 0) is 31.3 Å². The molecule has 0 saturated carbocycles. The van der Waals surface area contributed by atoms with E-state index in [2.05, 4.69) is 21.2 Å². The van der Waals surface area contributed by atoms with Crippen LogP contribution < -0.4 is 14.8 Å². The highest BCUT2D eigenvalue weighted by atomic mass is 79.9. The molecule has 0 radical (unpaired) electrons. The lowest BCUT2D eigenvalue weighted by molar-refractivity contribution is 0.293. The first-order chi connectivity index (χ1) is 10.2. The largest absolute Gasteiger partial charge is 0.496 e. The van der Waals surface area contributed by atoms with Crippen LogP contribution >= 0.6 is 27.5 Å². The zero-order chi connectivity index (χ0) is 15.2. The monoisotopic (exact) mass is 369 g/mol. The second-order valence-corrected chi connectivity index (χ2v) is 5.83. The van der Waals surface area contributed by atoms with Crippen LogP contribution in [-0.2, 0) is 13.2 Å². The Morgan fingerprint density at radius 3 is 2.71 bits per heavy atom. The molecule has 0 saturated heterocycles. The molecule has 3 nitrogen and oxygen atoms in total. The highest BCUT2D eigenvalue weighted by Crippen LogP contribution is 2.31. The van der Waals surface area contributed by atoms with Crippen molar-refractivity contribution in [2.75, 3.05) is 14.2 Å². The number of rotatable bonds is 6. The second-order valence-electron chi connectivity index (χ2n) is 4.50. The molecular weight excluding hydrogens is 354 g/mol. The van der Waals surface area contributed by atoms with Crippen LogP contribution in [0.15, 0.2) is 40.9 Å². The number of methoxy groups -OCH3 is 1. The molecule has 0 aliphatic heterocycles. The summed E-state index contributed by atoms with van der Waals surface area (Å²) < 4.78 is 12.3. The van der Waals surface area contributed by atoms with Gasteiger partial charge >= 0.3 is 0 Å². The van der Waals surface area contributed by atoms with Crippen LogP contribution in [0.5, 0.6) is 11.5 Å². The van der Waals surface area contributed by atoms with Crippen LogP contribution in [0.1, 0.15) is 11.1 Å². The standard InChI is InChI=1S/C16H17BrClNO2/c1-19-9-11-4-3-5-14(18)16(11)21-10-12-8-13(17)6-7-15(12)20-2/h3-8,19H,9-10H2,1-2H3. The van der Waals surface area contributed by atoms with Gasteiger partial charge in [0, 0.05) is 22.1 Å². The van der Waals surface area contributed by atoms with Crippen molar-refractivity contribution < 1.29 is 9.47 Å². The summed E-state index contributed by atoms with van der Waals surface area (Å²) >= 11 is 9.70. The third-order valence-corrected chi connectivity index (χ3v) is 3.82. The van der Waals surface area contributed by atoms with Gasteiger partial charge in [-0.1, -0.05) is 39.7 Å². The lowest BCUT2D eigenvalue weighted by Gasteiger charge is -2.15. The number of ether oxygens (including phenoxy) is 2. The molecular formula is C16H17BrClNO2. The highest BCUT2D eigenvalue weighted by Gasteiger charge is 2.10. The van der Waals surface area contributed by atoms with E-state index in [9.17, 15) is 0 Å². The molecule has 0 aliphatic carbocycles. The fourth-order valence-electron chi connectivity index (χ4n) is 2.05. The molecule has 0 aliphatic rings. The Balaban J connectivity index is 2.22. The van der Waals surface area contributed by atoms with Gasteiger partial charge in [0.15, 0.2) is 0 Å². The third-order valence-electron chi connectivity index (χ3n) is 3.03. The van der Waals surface area contributed by atoms with Crippen molar-refractivity contribution in [3.05, 3.63) is 57.0 Å². The summed E-state index contributed by atoms with van der Waals surface area (Å²) in [6.07, 6.45) is 0. The highest BCUT2D eigenvalue weighted by molar-refractivity contribution is 9.10. The average molecular weight is 371 g/mol. The molecule has 5 heteroatoms. The zero-order valence-electron chi connectivity index (χ0n) is 12.0. The summed E-state index contributed by atoms with van der Waals surface area (Å²) in [5.41, 5.74) is 1.99. The number of para-hydroxylation sites is 1. The molecule has 0 heterocycles. The predicted octanol–water partition coefficient (Wildman–Crippen LogP) is 4.41. The van der Waals surface area contributed by atoms with Gasteiger partial charge in [0.05, 0.1) is 12.1 Å². The minimum atomic E-state index is 0.392. The fourth-order valence-corrected chi connectivity index (χ4v) is 2.71. The van der Waals surface area contributed by atoms with Crippen molar-refractivity contribution in [2.24, 2.45) is 0 Å². The summed E-state index contributed by atoms with van der Waals surface area (Å²) in [6.45, 7) is 1.09. The lowest BCUT2D eigenvalue weighted by atomic mass is 10.2. The Labute approximate surface area is 138 Å². The maximum atomic E-state index is 6.24. The van der Waals surface area contributed by atoms with Gasteiger partial charge in [-0.25, -0.2) is 0 Å². The summed E-state index contributed by atoms with van der Waals surface area (Å²) in [4.78, 5) is 0. The van der Waals surface area contributed by atoms with E-state index in [4.69, 9.17) is 21.1 Å². The van der Waals surface area contributed by atoms with Crippen molar-refractivity contribution in [2.45, 2.75) is 13.2 Å². The van der Waals surface area contributed by atoms with E-state index in [0.29, 0.717) is 23.9 Å². The van der Waals surface area contributed by atoms with Crippen LogP contribution in [0.4, 0.5) is 0 Å². The van der Waals surface area contributed by atoms with E-state index in [-0.39, 0.29) is 0 Å². The van der Waals surface area contributed by atoms with Crippen molar-refractivity contribution >= 4 is 27.5 Å². The normalized spacial score (nSPS) is 10.5. The Kier molecular flexibility index (Phi) is 5.91. The Morgan fingerprint density at radius 2 is 2.00 bits per heavy atom. The molecule has 2 aromatic carbocycles. The van der Waals surface area contributed by atoms with E-state index in [1.165, 1.54) is 0 Å². The Bertz CT molecular complexity index is 619. The van der Waals surface area contributed by atoms with Gasteiger partial charge in [-0.15, -0.1) is 0 Å². The van der Waals surface area contributed by atoms with Crippen molar-refractivity contribution in [3.63, 3.8) is 0 Å². The van der Waals surface area contributed by atoms with Crippen LogP contribution in [-0.4, -0.2) is 14.2 Å². The van der Waals surface area contributed by atoms with Crippen molar-refractivity contribution in [1.29, 1.82) is 0 Å². The smallest absolute Gasteiger partial charge is 0.142 e. The third kappa shape index (κ3) is 4.13. The maximum Gasteiger partial charge on any atom is 0.142 e. The van der Waals surface area contributed by atoms with Gasteiger partial charge in [0.1, 0.15) is 18.1 Å². The average Bonchev–Trinajstić information content (AvgIpc) is 2.47. The molecule has 2 rings (SSSR count). The Morgan fingerprint density at radius 1 is 1.19 bits per heavy atom. The molecule has 21 heavy (non-hydrogen) atoms. The molecule has 0 fully saturated rings. The quantitative estimate of drug-likeness (QED) is 0.817. The topological polar surface area (TPSA) is 30.5 Å². The summed E-state index contributed by atoms with van der Waals surface area (Å²) in [7, 11) is 3.54. The van der Waals surface area contributed by atoms with Crippen molar-refractivity contribution in [1.82, 2.24) is 5.32 Å². The van der Waals surface area contributed by atoms with E-state index in [1.807, 2.05) is 43.4 Å². The molecule has 2 aromatic rings. The molecule has 0 unspecified atom stereocenters. The van der Waals surface area contributed by atoms with Crippen LogP contribution in [0.2, 0.25) is 5.02 Å². The first-order valence-corrected chi connectivity index (χ1v) is 7.70. The van der Waals surface area contributed by atoms with E-state index >= 15 is 0 Å². The number of nitrogens with one attached hydrogen (secondary N) is 1. The predicted molar refractivity (Wildman–Crippen MR) is 89.2 cm³/mol. The summed E-state index contributed by atoms with van der Waals surface area (Å²) in [5.74, 6) is 1.50. The zero-order valence-corrected chi connectivity index (χ0v) is 14.3. The molecule has 0 spiro atoms. The second kappa shape index (κ2) is 7.69. The first kappa shape index (κ1) is 16.1. The molecule has 0 aromatic heterocycles. The van der Waals surface area contributed by atoms with Crippen LogP contribution in [0, 0.1) is 0 Å². The molecule has 0 atom stereocenters. The molecule has 1 N–H and O–H groups in total. The minimum absolute atomic E-state index is 0.392. The van der Waals surface area contributed by atoms with Crippen LogP contribution in [0.3, 0.4) is 0 Å². The number of benzene rings is 2. The minimum Gasteiger partial charge on any atom is -0.496 e. The summed E-state index contributed by atoms with van der Waals surface area (Å²) in [5, 5.41) is 3.72. The maximum absolute atomic E-state index is 6.24. The van der Waals surface area contributed by atoms with Gasteiger partial charge in [0.2, 0.25) is 0 Å². The van der Waals surface area contributed by atoms with E-state index in [1.54, 1.807) is 7.11 Å². The number of halogens is 2. The molecule has 0 amide bonds. The number of hydrogen-bond acceptors (Lipinski definition) is 3. The van der Waals surface area contributed by atoms with Gasteiger partial charge in [-0.3, -0.25) is 0 Å².